The second kappa shape index (κ2) is 7.68. The molecule has 2 heterocycles. The van der Waals surface area contributed by atoms with E-state index in [0.29, 0.717) is 16.6 Å². The SMILES string of the molecule is NC1(NC(=O)Cc2nnc(Cc3nc4ccc(-c5ccc(F)cc5F)c(F)c4s3)o2)CC1. The third-order valence-corrected chi connectivity index (χ3v) is 6.13. The monoisotopic (exact) mass is 459 g/mol. The molecule has 0 bridgehead atoms. The van der Waals surface area contributed by atoms with Crippen LogP contribution in [0.2, 0.25) is 0 Å². The number of hydrogen-bond donors (Lipinski definition) is 2. The first-order valence-electron chi connectivity index (χ1n) is 9.74. The summed E-state index contributed by atoms with van der Waals surface area (Å²) in [5.41, 5.74) is 5.60. The standard InChI is InChI=1S/C21H16F3N5O2S/c22-10-1-2-11(13(23)7-10)12-3-4-14-20(19(12)24)32-18(26-14)9-17-29-28-16(31-17)8-15(30)27-21(25)5-6-21/h1-4,7H,5-6,8-9,25H2,(H,27,30). The average molecular weight is 459 g/mol. The van der Waals surface area contributed by atoms with Crippen LogP contribution in [0.15, 0.2) is 34.7 Å². The van der Waals surface area contributed by atoms with Gasteiger partial charge in [-0.15, -0.1) is 21.5 Å². The highest BCUT2D eigenvalue weighted by Crippen LogP contribution is 2.34. The van der Waals surface area contributed by atoms with Crippen molar-refractivity contribution < 1.29 is 22.4 Å². The summed E-state index contributed by atoms with van der Waals surface area (Å²) < 4.78 is 48.1. The van der Waals surface area contributed by atoms with E-state index in [2.05, 4.69) is 20.5 Å². The van der Waals surface area contributed by atoms with Crippen molar-refractivity contribution in [2.75, 3.05) is 0 Å². The molecule has 11 heteroatoms. The van der Waals surface area contributed by atoms with Gasteiger partial charge in [0.1, 0.15) is 23.1 Å². The van der Waals surface area contributed by atoms with Crippen molar-refractivity contribution in [1.82, 2.24) is 20.5 Å². The van der Waals surface area contributed by atoms with Gasteiger partial charge >= 0.3 is 0 Å². The molecule has 3 N–H and O–H groups in total. The number of nitrogens with zero attached hydrogens (tertiary/aromatic N) is 3. The number of fused-ring (bicyclic) bond motifs is 1. The van der Waals surface area contributed by atoms with Crippen LogP contribution in [0.1, 0.15) is 29.6 Å². The fraction of sp³-hybridized carbons (Fsp3) is 0.238. The van der Waals surface area contributed by atoms with E-state index >= 15 is 4.39 Å². The molecule has 5 rings (SSSR count). The van der Waals surface area contributed by atoms with Crippen LogP contribution in [0.5, 0.6) is 0 Å². The van der Waals surface area contributed by atoms with E-state index in [9.17, 15) is 13.6 Å². The highest BCUT2D eigenvalue weighted by Gasteiger charge is 2.39. The summed E-state index contributed by atoms with van der Waals surface area (Å²) in [5, 5.41) is 11.0. The number of rotatable bonds is 6. The second-order valence-electron chi connectivity index (χ2n) is 7.65. The summed E-state index contributed by atoms with van der Waals surface area (Å²) in [7, 11) is 0. The van der Waals surface area contributed by atoms with Crippen molar-refractivity contribution >= 4 is 27.5 Å². The van der Waals surface area contributed by atoms with Crippen LogP contribution in [0, 0.1) is 17.5 Å². The van der Waals surface area contributed by atoms with Gasteiger partial charge in [-0.1, -0.05) is 0 Å². The topological polar surface area (TPSA) is 107 Å². The number of nitrogens with two attached hydrogens (primary N) is 1. The Hall–Kier alpha value is -3.31. The maximum atomic E-state index is 15.1. The van der Waals surface area contributed by atoms with Gasteiger partial charge in [-0.25, -0.2) is 18.2 Å². The van der Waals surface area contributed by atoms with Crippen LogP contribution < -0.4 is 11.1 Å². The lowest BCUT2D eigenvalue weighted by Gasteiger charge is -2.09. The molecule has 2 aromatic carbocycles. The van der Waals surface area contributed by atoms with Gasteiger partial charge in [0.25, 0.3) is 0 Å². The maximum absolute atomic E-state index is 15.1. The van der Waals surface area contributed by atoms with Crippen LogP contribution >= 0.6 is 11.3 Å². The fourth-order valence-corrected chi connectivity index (χ4v) is 4.27. The molecule has 32 heavy (non-hydrogen) atoms. The van der Waals surface area contributed by atoms with Crippen molar-refractivity contribution in [2.45, 2.75) is 31.3 Å². The van der Waals surface area contributed by atoms with E-state index in [-0.39, 0.29) is 46.4 Å². The van der Waals surface area contributed by atoms with Crippen LogP contribution in [-0.2, 0) is 17.6 Å². The van der Waals surface area contributed by atoms with Crippen LogP contribution in [-0.4, -0.2) is 26.8 Å². The lowest BCUT2D eigenvalue weighted by Crippen LogP contribution is -2.44. The number of amides is 1. The molecule has 0 saturated heterocycles. The van der Waals surface area contributed by atoms with Gasteiger partial charge in [-0.05, 0) is 37.1 Å². The van der Waals surface area contributed by atoms with Crippen molar-refractivity contribution in [3.8, 4) is 11.1 Å². The molecule has 1 fully saturated rings. The Balaban J connectivity index is 1.35. The second-order valence-corrected chi connectivity index (χ2v) is 8.74. The highest BCUT2D eigenvalue weighted by atomic mass is 32.1. The van der Waals surface area contributed by atoms with Crippen LogP contribution in [0.3, 0.4) is 0 Å². The van der Waals surface area contributed by atoms with E-state index in [0.717, 1.165) is 30.2 Å². The molecule has 164 valence electrons. The summed E-state index contributed by atoms with van der Waals surface area (Å²) in [6, 6.07) is 5.96. The smallest absolute Gasteiger partial charge is 0.230 e. The fourth-order valence-electron chi connectivity index (χ4n) is 3.28. The largest absolute Gasteiger partial charge is 0.424 e. The molecule has 1 amide bonds. The molecular formula is C21H16F3N5O2S. The van der Waals surface area contributed by atoms with Gasteiger partial charge in [-0.3, -0.25) is 4.79 Å². The molecule has 0 unspecified atom stereocenters. The zero-order chi connectivity index (χ0) is 22.5. The molecule has 2 aromatic heterocycles. The Bertz CT molecular complexity index is 1350. The summed E-state index contributed by atoms with van der Waals surface area (Å²) in [6.45, 7) is 0. The number of carbonyl (C=O) groups excluding carboxylic acids is 1. The number of carbonyl (C=O) groups is 1. The number of hydrogen-bond acceptors (Lipinski definition) is 7. The van der Waals surface area contributed by atoms with Gasteiger partial charge in [0, 0.05) is 17.2 Å². The quantitative estimate of drug-likeness (QED) is 0.428. The minimum absolute atomic E-state index is 0.0182. The van der Waals surface area contributed by atoms with E-state index in [1.54, 1.807) is 6.07 Å². The Morgan fingerprint density at radius 2 is 1.88 bits per heavy atom. The van der Waals surface area contributed by atoms with Gasteiger partial charge < -0.3 is 15.5 Å². The Kier molecular flexibility index (Phi) is 4.94. The van der Waals surface area contributed by atoms with Crippen LogP contribution in [0.25, 0.3) is 21.3 Å². The minimum Gasteiger partial charge on any atom is -0.424 e. The molecule has 7 nitrogen and oxygen atoms in total. The number of benzene rings is 2. The molecular weight excluding hydrogens is 443 g/mol. The highest BCUT2D eigenvalue weighted by molar-refractivity contribution is 7.18. The van der Waals surface area contributed by atoms with Gasteiger partial charge in [-0.2, -0.15) is 0 Å². The number of thiazole rings is 1. The summed E-state index contributed by atoms with van der Waals surface area (Å²) in [6.07, 6.45) is 1.52. The van der Waals surface area contributed by atoms with E-state index in [1.165, 1.54) is 12.1 Å². The molecule has 0 aliphatic heterocycles. The van der Waals surface area contributed by atoms with Crippen LogP contribution in [0.4, 0.5) is 13.2 Å². The predicted octanol–water partition coefficient (Wildman–Crippen LogP) is 3.46. The third kappa shape index (κ3) is 4.08. The van der Waals surface area contributed by atoms with E-state index in [1.807, 2.05) is 0 Å². The predicted molar refractivity (Wildman–Crippen MR) is 110 cm³/mol. The van der Waals surface area contributed by atoms with Gasteiger partial charge in [0.05, 0.1) is 22.3 Å². The lowest BCUT2D eigenvalue weighted by molar-refractivity contribution is -0.121. The molecule has 1 aliphatic carbocycles. The van der Waals surface area contributed by atoms with Gasteiger partial charge in [0.15, 0.2) is 5.82 Å². The van der Waals surface area contributed by atoms with Crippen molar-refractivity contribution in [3.63, 3.8) is 0 Å². The zero-order valence-electron chi connectivity index (χ0n) is 16.5. The van der Waals surface area contributed by atoms with Crippen molar-refractivity contribution in [1.29, 1.82) is 0 Å². The Morgan fingerprint density at radius 1 is 1.12 bits per heavy atom. The third-order valence-electron chi connectivity index (χ3n) is 5.06. The Labute approximate surface area is 183 Å². The summed E-state index contributed by atoms with van der Waals surface area (Å²) >= 11 is 1.07. The first-order valence-corrected chi connectivity index (χ1v) is 10.6. The first-order chi connectivity index (χ1) is 15.3. The molecule has 0 radical (unpaired) electrons. The van der Waals surface area contributed by atoms with Crippen molar-refractivity contribution in [3.05, 3.63) is 64.6 Å². The number of nitrogens with one attached hydrogen (secondary N) is 1. The summed E-state index contributed by atoms with van der Waals surface area (Å²) in [5.74, 6) is -2.16. The minimum atomic E-state index is -0.849. The molecule has 0 atom stereocenters. The van der Waals surface area contributed by atoms with E-state index in [4.69, 9.17) is 10.2 Å². The normalized spacial score (nSPS) is 14.6. The molecule has 1 aliphatic rings. The summed E-state index contributed by atoms with van der Waals surface area (Å²) in [4.78, 5) is 16.3. The molecule has 1 saturated carbocycles. The number of aromatic nitrogens is 3. The van der Waals surface area contributed by atoms with Crippen molar-refractivity contribution in [2.24, 2.45) is 5.73 Å². The van der Waals surface area contributed by atoms with Gasteiger partial charge in [0.2, 0.25) is 17.7 Å². The maximum Gasteiger partial charge on any atom is 0.230 e. The molecule has 0 spiro atoms. The molecule has 4 aromatic rings. The average Bonchev–Trinajstić information content (AvgIpc) is 3.11. The number of halogens is 3. The zero-order valence-corrected chi connectivity index (χ0v) is 17.3. The first kappa shape index (κ1) is 20.6. The lowest BCUT2D eigenvalue weighted by atomic mass is 10.0. The Morgan fingerprint density at radius 3 is 2.62 bits per heavy atom. The van der Waals surface area contributed by atoms with E-state index < -0.39 is 23.1 Å².